The molecule has 2 rings (SSSR count). The Morgan fingerprint density at radius 3 is 2.58 bits per heavy atom. The van der Waals surface area contributed by atoms with E-state index in [0.717, 1.165) is 5.56 Å². The van der Waals surface area contributed by atoms with E-state index >= 15 is 0 Å². The molecular weight excluding hydrogens is 372 g/mol. The number of carbonyl (C=O) groups excluding carboxylic acids is 2. The van der Waals surface area contributed by atoms with Gasteiger partial charge in [-0.15, -0.1) is 6.58 Å². The lowest BCUT2D eigenvalue weighted by Gasteiger charge is -2.32. The highest BCUT2D eigenvalue weighted by atomic mass is 32.2. The fourth-order valence-corrected chi connectivity index (χ4v) is 4.12. The Morgan fingerprint density at radius 1 is 1.35 bits per heavy atom. The molecule has 1 heterocycles. The van der Waals surface area contributed by atoms with E-state index in [1.165, 1.54) is 11.0 Å². The van der Waals surface area contributed by atoms with E-state index in [1.807, 2.05) is 30.3 Å². The summed E-state index contributed by atoms with van der Waals surface area (Å²) >= 11 is 4.19. The molecule has 1 aromatic carbocycles. The number of likely N-dealkylation sites (tertiary alicyclic amines) is 1. The number of nitrogens with one attached hydrogen (secondary N) is 1. The van der Waals surface area contributed by atoms with Crippen molar-refractivity contribution in [2.75, 3.05) is 11.5 Å². The zero-order valence-electron chi connectivity index (χ0n) is 14.7. The van der Waals surface area contributed by atoms with Crippen LogP contribution >= 0.6 is 12.6 Å². The summed E-state index contributed by atoms with van der Waals surface area (Å²) in [5, 5.41) is 0. The molecule has 1 fully saturated rings. The molecule has 0 bridgehead atoms. The second kappa shape index (κ2) is 8.73. The maximum Gasteiger partial charge on any atom is 0.256 e. The van der Waals surface area contributed by atoms with Gasteiger partial charge >= 0.3 is 0 Å². The van der Waals surface area contributed by atoms with Crippen LogP contribution in [0, 0.1) is 5.92 Å². The Balaban J connectivity index is 2.31. The van der Waals surface area contributed by atoms with Gasteiger partial charge in [-0.1, -0.05) is 43.3 Å². The summed E-state index contributed by atoms with van der Waals surface area (Å²) in [6, 6.07) is 8.37. The van der Waals surface area contributed by atoms with Crippen LogP contribution in [0.15, 0.2) is 43.0 Å². The van der Waals surface area contributed by atoms with E-state index in [9.17, 15) is 18.0 Å². The van der Waals surface area contributed by atoms with E-state index < -0.39 is 22.0 Å². The maximum atomic E-state index is 12.9. The van der Waals surface area contributed by atoms with E-state index in [1.54, 1.807) is 6.92 Å². The Hall–Kier alpha value is -1.80. The number of thiol groups is 1. The molecule has 1 aromatic rings. The molecule has 1 saturated heterocycles. The zero-order chi connectivity index (χ0) is 19.3. The molecule has 0 spiro atoms. The van der Waals surface area contributed by atoms with E-state index in [2.05, 4.69) is 23.9 Å². The quantitative estimate of drug-likeness (QED) is 0.545. The number of sulfonamides is 1. The van der Waals surface area contributed by atoms with Gasteiger partial charge in [-0.25, -0.2) is 8.42 Å². The van der Waals surface area contributed by atoms with E-state index in [4.69, 9.17) is 0 Å². The van der Waals surface area contributed by atoms with Crippen molar-refractivity contribution in [2.45, 2.75) is 31.8 Å². The van der Waals surface area contributed by atoms with Crippen LogP contribution in [0.5, 0.6) is 0 Å². The number of carbonyl (C=O) groups is 2. The molecule has 1 N–H and O–H groups in total. The second-order valence-corrected chi connectivity index (χ2v) is 8.52. The Morgan fingerprint density at radius 2 is 2.00 bits per heavy atom. The van der Waals surface area contributed by atoms with Gasteiger partial charge in [0.2, 0.25) is 15.9 Å². The first-order chi connectivity index (χ1) is 12.3. The monoisotopic (exact) mass is 396 g/mol. The number of benzene rings is 1. The fraction of sp³-hybridized carbons (Fsp3) is 0.444. The number of hydrogen-bond donors (Lipinski definition) is 2. The summed E-state index contributed by atoms with van der Waals surface area (Å²) in [5.41, 5.74) is 0.927. The zero-order valence-corrected chi connectivity index (χ0v) is 16.4. The fourth-order valence-electron chi connectivity index (χ4n) is 3.13. The van der Waals surface area contributed by atoms with Crippen molar-refractivity contribution in [2.24, 2.45) is 5.92 Å². The molecule has 8 heteroatoms. The Bertz CT molecular complexity index is 765. The predicted molar refractivity (Wildman–Crippen MR) is 104 cm³/mol. The Labute approximate surface area is 160 Å². The van der Waals surface area contributed by atoms with Crippen molar-refractivity contribution < 1.29 is 18.0 Å². The van der Waals surface area contributed by atoms with Gasteiger partial charge in [0.1, 0.15) is 6.04 Å². The van der Waals surface area contributed by atoms with Crippen molar-refractivity contribution in [1.29, 1.82) is 0 Å². The third kappa shape index (κ3) is 4.67. The third-order valence-corrected chi connectivity index (χ3v) is 6.15. The summed E-state index contributed by atoms with van der Waals surface area (Å²) in [6.07, 6.45) is 2.21. The molecule has 2 amide bonds. The lowest BCUT2D eigenvalue weighted by atomic mass is 10.0. The van der Waals surface area contributed by atoms with Crippen LogP contribution in [0.1, 0.15) is 31.4 Å². The van der Waals surface area contributed by atoms with Crippen molar-refractivity contribution in [1.82, 2.24) is 9.62 Å². The SMILES string of the molecule is C=CCS(=O)(=O)NC(=O)C1CCC(c2ccccc2)N1C(=O)[C@H](C)CS. The molecule has 0 radical (unpaired) electrons. The summed E-state index contributed by atoms with van der Waals surface area (Å²) in [6.45, 7) is 5.13. The van der Waals surface area contributed by atoms with Gasteiger partial charge < -0.3 is 4.90 Å². The second-order valence-electron chi connectivity index (χ2n) is 6.39. The average Bonchev–Trinajstić information content (AvgIpc) is 3.05. The normalized spacial score (nSPS) is 21.2. The van der Waals surface area contributed by atoms with Gasteiger partial charge in [0, 0.05) is 11.7 Å². The number of hydrogen-bond acceptors (Lipinski definition) is 5. The van der Waals surface area contributed by atoms with Crippen LogP contribution in [0.25, 0.3) is 0 Å². The standard InChI is InChI=1S/C18H24N2O4S2/c1-3-11-26(23,24)19-17(21)16-10-9-15(14-7-5-4-6-8-14)20(16)18(22)13(2)12-25/h3-8,13,15-16,25H,1,9-12H2,2H3,(H,19,21)/t13-,15?,16?/m1/s1. The lowest BCUT2D eigenvalue weighted by Crippen LogP contribution is -2.50. The van der Waals surface area contributed by atoms with E-state index in [-0.39, 0.29) is 23.6 Å². The molecule has 6 nitrogen and oxygen atoms in total. The summed E-state index contributed by atoms with van der Waals surface area (Å²) in [4.78, 5) is 27.0. The van der Waals surface area contributed by atoms with Gasteiger partial charge in [0.25, 0.3) is 5.91 Å². The predicted octanol–water partition coefficient (Wildman–Crippen LogP) is 1.92. The summed E-state index contributed by atoms with van der Waals surface area (Å²) < 4.78 is 25.9. The highest BCUT2D eigenvalue weighted by molar-refractivity contribution is 7.90. The molecule has 1 aliphatic rings. The van der Waals surface area contributed by atoms with Crippen molar-refractivity contribution >= 4 is 34.5 Å². The molecule has 26 heavy (non-hydrogen) atoms. The van der Waals surface area contributed by atoms with Gasteiger partial charge in [0.05, 0.1) is 11.8 Å². The highest BCUT2D eigenvalue weighted by Crippen LogP contribution is 2.37. The van der Waals surface area contributed by atoms with Gasteiger partial charge in [-0.2, -0.15) is 12.6 Å². The third-order valence-electron chi connectivity index (χ3n) is 4.42. The van der Waals surface area contributed by atoms with Crippen LogP contribution in [-0.2, 0) is 19.6 Å². The lowest BCUT2D eigenvalue weighted by molar-refractivity contribution is -0.142. The minimum atomic E-state index is -3.80. The average molecular weight is 397 g/mol. The molecular formula is C18H24N2O4S2. The van der Waals surface area contributed by atoms with Crippen molar-refractivity contribution in [3.63, 3.8) is 0 Å². The van der Waals surface area contributed by atoms with Gasteiger partial charge in [-0.3, -0.25) is 14.3 Å². The molecule has 2 unspecified atom stereocenters. The first kappa shape index (κ1) is 20.5. The smallest absolute Gasteiger partial charge is 0.256 e. The van der Waals surface area contributed by atoms with Gasteiger partial charge in [0.15, 0.2) is 0 Å². The minimum Gasteiger partial charge on any atom is -0.323 e. The van der Waals surface area contributed by atoms with Crippen LogP contribution in [-0.4, -0.2) is 42.7 Å². The van der Waals surface area contributed by atoms with E-state index in [0.29, 0.717) is 18.6 Å². The first-order valence-electron chi connectivity index (χ1n) is 8.44. The number of amides is 2. The van der Waals surface area contributed by atoms with Crippen molar-refractivity contribution in [3.8, 4) is 0 Å². The topological polar surface area (TPSA) is 83.6 Å². The molecule has 0 aliphatic carbocycles. The van der Waals surface area contributed by atoms with Crippen LogP contribution < -0.4 is 4.72 Å². The molecule has 3 atom stereocenters. The van der Waals surface area contributed by atoms with Crippen LogP contribution in [0.2, 0.25) is 0 Å². The summed E-state index contributed by atoms with van der Waals surface area (Å²) in [5.74, 6) is -1.26. The molecule has 0 aromatic heterocycles. The number of nitrogens with zero attached hydrogens (tertiary/aromatic N) is 1. The molecule has 0 saturated carbocycles. The first-order valence-corrected chi connectivity index (χ1v) is 10.7. The largest absolute Gasteiger partial charge is 0.323 e. The Kier molecular flexibility index (Phi) is 6.88. The highest BCUT2D eigenvalue weighted by Gasteiger charge is 2.43. The van der Waals surface area contributed by atoms with Gasteiger partial charge in [-0.05, 0) is 18.4 Å². The summed E-state index contributed by atoms with van der Waals surface area (Å²) in [7, 11) is -3.80. The molecule has 1 aliphatic heterocycles. The van der Waals surface area contributed by atoms with Crippen molar-refractivity contribution in [3.05, 3.63) is 48.6 Å². The van der Waals surface area contributed by atoms with Crippen LogP contribution in [0.3, 0.4) is 0 Å². The number of rotatable bonds is 7. The van der Waals surface area contributed by atoms with Crippen LogP contribution in [0.4, 0.5) is 0 Å². The maximum absolute atomic E-state index is 12.9. The minimum absolute atomic E-state index is 0.201. The molecule has 142 valence electrons.